The monoisotopic (exact) mass is 696 g/mol. The lowest BCUT2D eigenvalue weighted by molar-refractivity contribution is -0.144. The molecule has 0 bridgehead atoms. The second-order valence-electron chi connectivity index (χ2n) is 14.0. The third kappa shape index (κ3) is 6.84. The molecular formula is C36H42ClFN4O5S. The fraction of sp³-hybridized carbons (Fsp3) is 0.528. The van der Waals surface area contributed by atoms with Gasteiger partial charge in [0.05, 0.1) is 47.4 Å². The van der Waals surface area contributed by atoms with E-state index >= 15 is 4.39 Å². The van der Waals surface area contributed by atoms with E-state index in [0.29, 0.717) is 56.2 Å². The zero-order chi connectivity index (χ0) is 33.5. The second kappa shape index (κ2) is 14.0. The summed E-state index contributed by atoms with van der Waals surface area (Å²) in [6.45, 7) is 3.05. The van der Waals surface area contributed by atoms with Crippen molar-refractivity contribution in [3.63, 3.8) is 0 Å². The average Bonchev–Trinajstić information content (AvgIpc) is 3.86. The fourth-order valence-electron chi connectivity index (χ4n) is 8.16. The van der Waals surface area contributed by atoms with Crippen molar-refractivity contribution in [2.45, 2.75) is 56.7 Å². The summed E-state index contributed by atoms with van der Waals surface area (Å²) in [5.41, 5.74) is 1.68. The zero-order valence-corrected chi connectivity index (χ0v) is 28.6. The van der Waals surface area contributed by atoms with Gasteiger partial charge in [-0.15, -0.1) is 0 Å². The number of amides is 2. The molecule has 1 aromatic heterocycles. The third-order valence-electron chi connectivity index (χ3n) is 10.9. The van der Waals surface area contributed by atoms with Gasteiger partial charge in [-0.2, -0.15) is 11.8 Å². The first-order chi connectivity index (χ1) is 23.1. The number of benzene rings is 2. The molecule has 12 heteroatoms. The largest absolute Gasteiger partial charge is 0.481 e. The van der Waals surface area contributed by atoms with E-state index in [2.05, 4.69) is 10.2 Å². The standard InChI is InChI=1S/C36H42ClFN4O5S/c1-40-17-29(28-4-2-3-5-33(28)40)35(44)39-32-13-31(38)22(10-30(32)37)11-34(43)42-16-25(41-14-23-19-48-20-24(23)15-41)12-26(42)18-47-27-8-6-21(7-9-27)36(45)46/h2-5,10,13,17,21,23-27H,6-9,11-12,14-16,18-20H2,1H3,(H,39,44)(H,45,46)/t21?,23-,24+,25-,26-,27?/m0/s1. The Labute approximate surface area is 289 Å². The maximum absolute atomic E-state index is 15.6. The highest BCUT2D eigenvalue weighted by atomic mass is 35.5. The minimum atomic E-state index is -0.745. The molecule has 9 nitrogen and oxygen atoms in total. The van der Waals surface area contributed by atoms with E-state index in [4.69, 9.17) is 16.3 Å². The smallest absolute Gasteiger partial charge is 0.306 e. The summed E-state index contributed by atoms with van der Waals surface area (Å²) in [6.07, 6.45) is 4.94. The van der Waals surface area contributed by atoms with Crippen molar-refractivity contribution >= 4 is 57.7 Å². The van der Waals surface area contributed by atoms with Crippen LogP contribution >= 0.6 is 23.4 Å². The predicted molar refractivity (Wildman–Crippen MR) is 185 cm³/mol. The van der Waals surface area contributed by atoms with E-state index in [-0.39, 0.29) is 52.7 Å². The number of rotatable bonds is 9. The SMILES string of the molecule is Cn1cc(C(=O)Nc2cc(F)c(CC(=O)N3C[C@@H](N4C[C@H]5CSC[C@H]5C4)C[C@H]3COC3CCC(C(=O)O)CC3)cc2Cl)c2ccccc21. The molecule has 48 heavy (non-hydrogen) atoms. The first-order valence-electron chi connectivity index (χ1n) is 16.9. The number of aliphatic carboxylic acids is 1. The molecule has 2 amide bonds. The summed E-state index contributed by atoms with van der Waals surface area (Å²) in [7, 11) is 1.86. The summed E-state index contributed by atoms with van der Waals surface area (Å²) < 4.78 is 23.7. The Morgan fingerprint density at radius 2 is 1.79 bits per heavy atom. The topological polar surface area (TPSA) is 104 Å². The molecule has 0 spiro atoms. The van der Waals surface area contributed by atoms with Crippen LogP contribution in [0.4, 0.5) is 10.1 Å². The van der Waals surface area contributed by atoms with Crippen molar-refractivity contribution in [3.05, 3.63) is 64.6 Å². The number of hydrogen-bond donors (Lipinski definition) is 2. The number of thioether (sulfide) groups is 1. The molecule has 4 heterocycles. The number of hydrogen-bond acceptors (Lipinski definition) is 6. The van der Waals surface area contributed by atoms with Gasteiger partial charge in [0.25, 0.3) is 5.91 Å². The van der Waals surface area contributed by atoms with Crippen LogP contribution in [0, 0.1) is 23.6 Å². The van der Waals surface area contributed by atoms with Gasteiger partial charge < -0.3 is 24.6 Å². The fourth-order valence-corrected chi connectivity index (χ4v) is 9.89. The summed E-state index contributed by atoms with van der Waals surface area (Å²) in [6, 6.07) is 10.3. The van der Waals surface area contributed by atoms with Gasteiger partial charge in [-0.25, -0.2) is 4.39 Å². The van der Waals surface area contributed by atoms with Crippen LogP contribution in [0.15, 0.2) is 42.6 Å². The van der Waals surface area contributed by atoms with Gasteiger partial charge in [0.15, 0.2) is 0 Å². The molecule has 2 aromatic carbocycles. The minimum Gasteiger partial charge on any atom is -0.481 e. The number of ether oxygens (including phenoxy) is 1. The number of fused-ring (bicyclic) bond motifs is 2. The summed E-state index contributed by atoms with van der Waals surface area (Å²) in [4.78, 5) is 42.9. The number of carboxylic acid groups (broad SMARTS) is 1. The lowest BCUT2D eigenvalue weighted by Crippen LogP contribution is -2.41. The van der Waals surface area contributed by atoms with Crippen LogP contribution in [-0.2, 0) is 27.8 Å². The molecule has 256 valence electrons. The Balaban J connectivity index is 1.03. The maximum atomic E-state index is 15.6. The van der Waals surface area contributed by atoms with E-state index < -0.39 is 17.7 Å². The summed E-state index contributed by atoms with van der Waals surface area (Å²) >= 11 is 8.60. The Bertz CT molecular complexity index is 1700. The molecule has 0 radical (unpaired) electrons. The van der Waals surface area contributed by atoms with Gasteiger partial charge in [0.2, 0.25) is 5.91 Å². The van der Waals surface area contributed by atoms with Crippen molar-refractivity contribution < 1.29 is 28.6 Å². The van der Waals surface area contributed by atoms with Crippen molar-refractivity contribution in [1.29, 1.82) is 0 Å². The molecule has 4 aliphatic rings. The van der Waals surface area contributed by atoms with Crippen LogP contribution in [0.25, 0.3) is 10.9 Å². The Morgan fingerprint density at radius 1 is 1.06 bits per heavy atom. The highest BCUT2D eigenvalue weighted by Gasteiger charge is 2.44. The second-order valence-corrected chi connectivity index (χ2v) is 15.5. The van der Waals surface area contributed by atoms with E-state index in [1.54, 1.807) is 6.20 Å². The molecule has 4 fully saturated rings. The number of aryl methyl sites for hydroxylation is 1. The number of anilines is 1. The Morgan fingerprint density at radius 3 is 2.52 bits per heavy atom. The molecule has 2 N–H and O–H groups in total. The Hall–Kier alpha value is -3.12. The number of carbonyl (C=O) groups is 3. The molecule has 1 aliphatic carbocycles. The lowest BCUT2D eigenvalue weighted by atomic mass is 9.87. The van der Waals surface area contributed by atoms with Crippen LogP contribution in [0.1, 0.15) is 48.0 Å². The number of likely N-dealkylation sites (tertiary alicyclic amines) is 2. The van der Waals surface area contributed by atoms with Crippen LogP contribution in [0.2, 0.25) is 5.02 Å². The molecule has 1 saturated carbocycles. The van der Waals surface area contributed by atoms with Crippen molar-refractivity contribution in [2.24, 2.45) is 24.8 Å². The van der Waals surface area contributed by atoms with Crippen LogP contribution in [0.5, 0.6) is 0 Å². The average molecular weight is 697 g/mol. The molecule has 4 atom stereocenters. The summed E-state index contributed by atoms with van der Waals surface area (Å²) in [5.74, 6) is 1.55. The third-order valence-corrected chi connectivity index (χ3v) is 12.6. The van der Waals surface area contributed by atoms with E-state index in [1.165, 1.54) is 23.6 Å². The van der Waals surface area contributed by atoms with Crippen molar-refractivity contribution in [3.8, 4) is 0 Å². The number of aromatic nitrogens is 1. The van der Waals surface area contributed by atoms with Crippen molar-refractivity contribution in [1.82, 2.24) is 14.4 Å². The van der Waals surface area contributed by atoms with Gasteiger partial charge in [-0.05, 0) is 79.2 Å². The number of nitrogens with one attached hydrogen (secondary N) is 1. The van der Waals surface area contributed by atoms with E-state index in [0.717, 1.165) is 30.4 Å². The van der Waals surface area contributed by atoms with Crippen LogP contribution in [0.3, 0.4) is 0 Å². The first kappa shape index (κ1) is 33.4. The van der Waals surface area contributed by atoms with Crippen LogP contribution < -0.4 is 5.32 Å². The number of nitrogens with zero attached hydrogens (tertiary/aromatic N) is 3. The highest BCUT2D eigenvalue weighted by molar-refractivity contribution is 7.99. The van der Waals surface area contributed by atoms with E-state index in [1.807, 2.05) is 52.5 Å². The first-order valence-corrected chi connectivity index (χ1v) is 18.5. The molecule has 7 rings (SSSR count). The van der Waals surface area contributed by atoms with Crippen molar-refractivity contribution in [2.75, 3.05) is 43.1 Å². The number of halogens is 2. The molecule has 3 aliphatic heterocycles. The molecule has 0 unspecified atom stereocenters. The highest BCUT2D eigenvalue weighted by Crippen LogP contribution is 2.39. The van der Waals surface area contributed by atoms with E-state index in [9.17, 15) is 19.5 Å². The molecule has 3 aromatic rings. The number of carboxylic acids is 1. The molecule has 3 saturated heterocycles. The van der Waals surface area contributed by atoms with Gasteiger partial charge in [-0.3, -0.25) is 19.3 Å². The maximum Gasteiger partial charge on any atom is 0.306 e. The number of para-hydroxylation sites is 1. The molecular weight excluding hydrogens is 655 g/mol. The van der Waals surface area contributed by atoms with Gasteiger partial charge in [0.1, 0.15) is 5.82 Å². The Kier molecular flexibility index (Phi) is 9.74. The minimum absolute atomic E-state index is 0.0207. The quantitative estimate of drug-likeness (QED) is 0.296. The van der Waals surface area contributed by atoms with Crippen LogP contribution in [-0.4, -0.2) is 93.2 Å². The lowest BCUT2D eigenvalue weighted by Gasteiger charge is -2.30. The van der Waals surface area contributed by atoms with Gasteiger partial charge in [-0.1, -0.05) is 29.8 Å². The predicted octanol–water partition coefficient (Wildman–Crippen LogP) is 5.69. The summed E-state index contributed by atoms with van der Waals surface area (Å²) in [5, 5.41) is 13.1. The van der Waals surface area contributed by atoms with Gasteiger partial charge in [0, 0.05) is 49.8 Å². The number of carbonyl (C=O) groups excluding carboxylic acids is 2. The van der Waals surface area contributed by atoms with Gasteiger partial charge >= 0.3 is 5.97 Å². The normalized spacial score (nSPS) is 27.4. The zero-order valence-electron chi connectivity index (χ0n) is 27.1.